The van der Waals surface area contributed by atoms with Gasteiger partial charge in [-0.25, -0.2) is 0 Å². The van der Waals surface area contributed by atoms with Gasteiger partial charge in [0.1, 0.15) is 6.54 Å². The van der Waals surface area contributed by atoms with Gasteiger partial charge in [-0.05, 0) is 31.0 Å². The van der Waals surface area contributed by atoms with Crippen molar-refractivity contribution in [1.29, 1.82) is 0 Å². The number of aryl methyl sites for hydroxylation is 1. The van der Waals surface area contributed by atoms with E-state index in [0.717, 1.165) is 5.56 Å². The quantitative estimate of drug-likeness (QED) is 0.685. The van der Waals surface area contributed by atoms with Crippen LogP contribution in [0.5, 0.6) is 0 Å². The summed E-state index contributed by atoms with van der Waals surface area (Å²) < 4.78 is 2.68. The molecular weight excluding hydrogens is 330 g/mol. The van der Waals surface area contributed by atoms with E-state index in [0.29, 0.717) is 30.5 Å². The smallest absolute Gasteiger partial charge is 0.317 e. The van der Waals surface area contributed by atoms with Crippen LogP contribution in [0.3, 0.4) is 0 Å². The van der Waals surface area contributed by atoms with Gasteiger partial charge in [0, 0.05) is 13.1 Å². The number of rotatable bonds is 6. The number of benzene rings is 2. The number of fused-ring (bicyclic) bond motifs is 1. The number of nitrogens with zero attached hydrogens (tertiary/aromatic N) is 2. The highest BCUT2D eigenvalue weighted by Crippen LogP contribution is 2.10. The van der Waals surface area contributed by atoms with Gasteiger partial charge in [-0.15, -0.1) is 0 Å². The van der Waals surface area contributed by atoms with Crippen molar-refractivity contribution in [2.75, 3.05) is 6.54 Å². The van der Waals surface area contributed by atoms with Gasteiger partial charge in [0.05, 0.1) is 11.0 Å². The van der Waals surface area contributed by atoms with Crippen molar-refractivity contribution in [3.63, 3.8) is 0 Å². The Hall–Kier alpha value is -3.15. The van der Waals surface area contributed by atoms with Crippen molar-refractivity contribution in [1.82, 2.24) is 14.5 Å². The lowest BCUT2D eigenvalue weighted by molar-refractivity contribution is -0.121. The van der Waals surface area contributed by atoms with E-state index in [1.54, 1.807) is 18.2 Å². The van der Waals surface area contributed by atoms with Crippen LogP contribution in [0.1, 0.15) is 12.5 Å². The molecule has 0 aliphatic carbocycles. The predicted molar refractivity (Wildman–Crippen MR) is 101 cm³/mol. The zero-order chi connectivity index (χ0) is 18.5. The minimum atomic E-state index is -0.677. The van der Waals surface area contributed by atoms with E-state index in [1.807, 2.05) is 43.3 Å². The van der Waals surface area contributed by atoms with Crippen LogP contribution < -0.4 is 16.4 Å². The lowest BCUT2D eigenvalue weighted by Gasteiger charge is -2.14. The molecule has 0 fully saturated rings. The average molecular weight is 351 g/mol. The third-order valence-corrected chi connectivity index (χ3v) is 4.33. The molecule has 0 aliphatic rings. The van der Waals surface area contributed by atoms with Gasteiger partial charge in [0.25, 0.3) is 0 Å². The standard InChI is InChI=1S/C20H21N3O3/c1-2-22-16-10-6-7-11-17(16)23(20(26)19(22)25)14-18(24)21-13-12-15-8-4-3-5-9-15/h3-11H,2,12-14H2,1H3,(H,21,24). The molecule has 0 bridgehead atoms. The van der Waals surface area contributed by atoms with Crippen molar-refractivity contribution in [3.8, 4) is 0 Å². The fourth-order valence-corrected chi connectivity index (χ4v) is 3.03. The molecule has 0 atom stereocenters. The summed E-state index contributed by atoms with van der Waals surface area (Å²) in [6.07, 6.45) is 0.708. The summed E-state index contributed by atoms with van der Waals surface area (Å²) in [6, 6.07) is 17.0. The molecule has 6 heteroatoms. The van der Waals surface area contributed by atoms with E-state index < -0.39 is 11.1 Å². The van der Waals surface area contributed by atoms with Crippen molar-refractivity contribution in [2.24, 2.45) is 0 Å². The van der Waals surface area contributed by atoms with Crippen LogP contribution in [0.2, 0.25) is 0 Å². The van der Waals surface area contributed by atoms with E-state index in [-0.39, 0.29) is 12.5 Å². The van der Waals surface area contributed by atoms with Gasteiger partial charge < -0.3 is 9.88 Å². The summed E-state index contributed by atoms with van der Waals surface area (Å²) in [5.74, 6) is -0.290. The number of para-hydroxylation sites is 2. The molecule has 0 unspecified atom stereocenters. The van der Waals surface area contributed by atoms with Crippen molar-refractivity contribution in [2.45, 2.75) is 26.4 Å². The van der Waals surface area contributed by atoms with Gasteiger partial charge in [-0.2, -0.15) is 0 Å². The normalized spacial score (nSPS) is 10.8. The molecule has 1 heterocycles. The molecule has 1 amide bonds. The van der Waals surface area contributed by atoms with Crippen LogP contribution in [-0.4, -0.2) is 21.6 Å². The molecule has 0 saturated carbocycles. The Morgan fingerprint density at radius 2 is 1.46 bits per heavy atom. The molecule has 0 spiro atoms. The Kier molecular flexibility index (Phi) is 5.31. The van der Waals surface area contributed by atoms with Gasteiger partial charge >= 0.3 is 11.1 Å². The first-order chi connectivity index (χ1) is 12.6. The van der Waals surface area contributed by atoms with E-state index >= 15 is 0 Å². The minimum Gasteiger partial charge on any atom is -0.354 e. The first-order valence-corrected chi connectivity index (χ1v) is 8.65. The number of carbonyl (C=O) groups is 1. The summed E-state index contributed by atoms with van der Waals surface area (Å²) in [5, 5.41) is 2.81. The summed E-state index contributed by atoms with van der Waals surface area (Å²) in [4.78, 5) is 37.0. The topological polar surface area (TPSA) is 73.1 Å². The molecule has 0 radical (unpaired) electrons. The highest BCUT2D eigenvalue weighted by atomic mass is 16.2. The molecule has 1 N–H and O–H groups in total. The van der Waals surface area contributed by atoms with Crippen LogP contribution in [0.4, 0.5) is 0 Å². The molecule has 3 aromatic rings. The van der Waals surface area contributed by atoms with E-state index in [9.17, 15) is 14.4 Å². The lowest BCUT2D eigenvalue weighted by atomic mass is 10.1. The summed E-state index contributed by atoms with van der Waals surface area (Å²) in [5.41, 5.74) is 1.07. The first-order valence-electron chi connectivity index (χ1n) is 8.65. The second kappa shape index (κ2) is 7.82. The van der Waals surface area contributed by atoms with E-state index in [4.69, 9.17) is 0 Å². The molecule has 2 aromatic carbocycles. The van der Waals surface area contributed by atoms with Crippen LogP contribution in [0.25, 0.3) is 11.0 Å². The van der Waals surface area contributed by atoms with Crippen molar-refractivity contribution >= 4 is 16.9 Å². The van der Waals surface area contributed by atoms with Crippen LogP contribution >= 0.6 is 0 Å². The largest absolute Gasteiger partial charge is 0.354 e. The molecule has 3 rings (SSSR count). The van der Waals surface area contributed by atoms with Crippen molar-refractivity contribution < 1.29 is 4.79 Å². The molecule has 1 aromatic heterocycles. The number of nitrogens with one attached hydrogen (secondary N) is 1. The Labute approximate surface area is 150 Å². The van der Waals surface area contributed by atoms with E-state index in [1.165, 1.54) is 9.13 Å². The van der Waals surface area contributed by atoms with Gasteiger partial charge in [-0.1, -0.05) is 42.5 Å². The molecule has 134 valence electrons. The second-order valence-electron chi connectivity index (χ2n) is 6.01. The van der Waals surface area contributed by atoms with Crippen LogP contribution in [0.15, 0.2) is 64.2 Å². The molecule has 6 nitrogen and oxygen atoms in total. The third-order valence-electron chi connectivity index (χ3n) is 4.33. The summed E-state index contributed by atoms with van der Waals surface area (Å²) >= 11 is 0. The van der Waals surface area contributed by atoms with Crippen molar-refractivity contribution in [3.05, 3.63) is 80.9 Å². The van der Waals surface area contributed by atoms with Crippen LogP contribution in [0, 0.1) is 0 Å². The first kappa shape index (κ1) is 17.7. The number of carbonyl (C=O) groups excluding carboxylic acids is 1. The summed E-state index contributed by atoms with van der Waals surface area (Å²) in [7, 11) is 0. The van der Waals surface area contributed by atoms with E-state index in [2.05, 4.69) is 5.32 Å². The zero-order valence-corrected chi connectivity index (χ0v) is 14.6. The Morgan fingerprint density at radius 3 is 2.12 bits per heavy atom. The predicted octanol–water partition coefficient (Wildman–Crippen LogP) is 1.54. The maximum absolute atomic E-state index is 12.4. The molecule has 0 saturated heterocycles. The lowest BCUT2D eigenvalue weighted by Crippen LogP contribution is -2.43. The number of amides is 1. The second-order valence-corrected chi connectivity index (χ2v) is 6.01. The van der Waals surface area contributed by atoms with Gasteiger partial charge in [0.2, 0.25) is 5.91 Å². The third kappa shape index (κ3) is 3.59. The Bertz CT molecular complexity index is 1040. The highest BCUT2D eigenvalue weighted by Gasteiger charge is 2.14. The van der Waals surface area contributed by atoms with Crippen LogP contribution in [-0.2, 0) is 24.3 Å². The number of hydrogen-bond donors (Lipinski definition) is 1. The van der Waals surface area contributed by atoms with Gasteiger partial charge in [-0.3, -0.25) is 19.0 Å². The molecule has 0 aliphatic heterocycles. The molecular formula is C20H21N3O3. The SMILES string of the molecule is CCn1c(=O)c(=O)n(CC(=O)NCCc2ccccc2)c2ccccc21. The maximum atomic E-state index is 12.4. The fraction of sp³-hybridized carbons (Fsp3) is 0.250. The fourth-order valence-electron chi connectivity index (χ4n) is 3.03. The maximum Gasteiger partial charge on any atom is 0.317 e. The minimum absolute atomic E-state index is 0.173. The number of aromatic nitrogens is 2. The molecule has 26 heavy (non-hydrogen) atoms. The van der Waals surface area contributed by atoms with Gasteiger partial charge in [0.15, 0.2) is 0 Å². The zero-order valence-electron chi connectivity index (χ0n) is 14.6. The number of hydrogen-bond acceptors (Lipinski definition) is 3. The monoisotopic (exact) mass is 351 g/mol. The summed E-state index contributed by atoms with van der Waals surface area (Å²) in [6.45, 7) is 2.52. The Morgan fingerprint density at radius 1 is 0.885 bits per heavy atom. The highest BCUT2D eigenvalue weighted by molar-refractivity contribution is 5.80. The Balaban J connectivity index is 1.80. The average Bonchev–Trinajstić information content (AvgIpc) is 2.67.